The lowest BCUT2D eigenvalue weighted by Crippen LogP contribution is -2.32. The zero-order chi connectivity index (χ0) is 18.1. The van der Waals surface area contributed by atoms with Crippen LogP contribution < -0.4 is 4.72 Å². The fraction of sp³-hybridized carbons (Fsp3) is 0.500. The highest BCUT2D eigenvalue weighted by atomic mass is 32.2. The average Bonchev–Trinajstić information content (AvgIpc) is 3.28. The number of rotatable bonds is 5. The first-order valence-corrected chi connectivity index (χ1v) is 10.5. The van der Waals surface area contributed by atoms with E-state index < -0.39 is 10.0 Å². The first-order valence-electron chi connectivity index (χ1n) is 8.98. The smallest absolute Gasteiger partial charge is 0.264 e. The number of nitrogens with zero attached hydrogens (tertiary/aromatic N) is 2. The third-order valence-electron chi connectivity index (χ3n) is 5.42. The van der Waals surface area contributed by atoms with Crippen molar-refractivity contribution in [2.24, 2.45) is 17.8 Å². The normalized spacial score (nSPS) is 23.5. The predicted molar refractivity (Wildman–Crippen MR) is 93.2 cm³/mol. The molecule has 0 bridgehead atoms. The first-order chi connectivity index (χ1) is 12.5. The van der Waals surface area contributed by atoms with Crippen LogP contribution in [0.5, 0.6) is 0 Å². The van der Waals surface area contributed by atoms with Crippen LogP contribution in [0.3, 0.4) is 0 Å². The van der Waals surface area contributed by atoms with Gasteiger partial charge in [-0.2, -0.15) is 0 Å². The second kappa shape index (κ2) is 6.83. The molecule has 0 aliphatic heterocycles. The van der Waals surface area contributed by atoms with Gasteiger partial charge in [-0.25, -0.2) is 13.1 Å². The number of hydrogen-bond acceptors (Lipinski definition) is 6. The Hall–Kier alpha value is -2.22. The second-order valence-corrected chi connectivity index (χ2v) is 8.83. The summed E-state index contributed by atoms with van der Waals surface area (Å²) >= 11 is 0. The van der Waals surface area contributed by atoms with Crippen LogP contribution in [0.15, 0.2) is 40.0 Å². The third-order valence-corrected chi connectivity index (χ3v) is 6.76. The Morgan fingerprint density at radius 3 is 2.73 bits per heavy atom. The summed E-state index contributed by atoms with van der Waals surface area (Å²) in [7, 11) is -3.92. The summed E-state index contributed by atoms with van der Waals surface area (Å²) in [5, 5.41) is 7.36. The molecule has 1 heterocycles. The first kappa shape index (κ1) is 17.2. The van der Waals surface area contributed by atoms with E-state index in [-0.39, 0.29) is 22.6 Å². The SMILES string of the molecule is O=C(NS(=O)(=O)c1cccc(-c2nnco2)c1)C1CC1C1CCCCC1. The van der Waals surface area contributed by atoms with E-state index in [4.69, 9.17) is 4.42 Å². The van der Waals surface area contributed by atoms with Gasteiger partial charge < -0.3 is 4.42 Å². The number of aromatic nitrogens is 2. The summed E-state index contributed by atoms with van der Waals surface area (Å²) in [5.41, 5.74) is 0.490. The molecule has 0 radical (unpaired) electrons. The lowest BCUT2D eigenvalue weighted by Gasteiger charge is -2.21. The number of hydrogen-bond donors (Lipinski definition) is 1. The van der Waals surface area contributed by atoms with Crippen molar-refractivity contribution in [1.82, 2.24) is 14.9 Å². The van der Waals surface area contributed by atoms with Crippen LogP contribution in [0.2, 0.25) is 0 Å². The van der Waals surface area contributed by atoms with Gasteiger partial charge in [0.1, 0.15) is 0 Å². The van der Waals surface area contributed by atoms with Crippen LogP contribution in [0, 0.1) is 17.8 Å². The molecule has 2 aromatic rings. The quantitative estimate of drug-likeness (QED) is 0.862. The Bertz CT molecular complexity index is 889. The molecular weight excluding hydrogens is 354 g/mol. The van der Waals surface area contributed by atoms with Crippen LogP contribution in [-0.4, -0.2) is 24.5 Å². The largest absolute Gasteiger partial charge is 0.423 e. The fourth-order valence-corrected chi connectivity index (χ4v) is 5.04. The second-order valence-electron chi connectivity index (χ2n) is 7.15. The molecule has 7 nitrogen and oxygen atoms in total. The van der Waals surface area contributed by atoms with Crippen molar-refractivity contribution >= 4 is 15.9 Å². The number of carbonyl (C=O) groups is 1. The Morgan fingerprint density at radius 2 is 2.00 bits per heavy atom. The van der Waals surface area contributed by atoms with Gasteiger partial charge in [-0.05, 0) is 36.5 Å². The minimum atomic E-state index is -3.92. The summed E-state index contributed by atoms with van der Waals surface area (Å²) in [6.45, 7) is 0. The van der Waals surface area contributed by atoms with E-state index in [2.05, 4.69) is 14.9 Å². The fourth-order valence-electron chi connectivity index (χ4n) is 3.96. The van der Waals surface area contributed by atoms with Gasteiger partial charge in [0.2, 0.25) is 18.2 Å². The van der Waals surface area contributed by atoms with Crippen molar-refractivity contribution in [3.8, 4) is 11.5 Å². The van der Waals surface area contributed by atoms with E-state index in [0.717, 1.165) is 19.3 Å². The Morgan fingerprint density at radius 1 is 1.19 bits per heavy atom. The lowest BCUT2D eigenvalue weighted by molar-refractivity contribution is -0.121. The Kier molecular flexibility index (Phi) is 4.52. The molecule has 2 fully saturated rings. The van der Waals surface area contributed by atoms with E-state index in [1.807, 2.05) is 0 Å². The molecule has 1 aromatic heterocycles. The highest BCUT2D eigenvalue weighted by molar-refractivity contribution is 7.90. The maximum Gasteiger partial charge on any atom is 0.264 e. The van der Waals surface area contributed by atoms with Gasteiger partial charge in [-0.3, -0.25) is 4.79 Å². The standard InChI is InChI=1S/C18H21N3O4S/c22-17(16-10-15(16)12-5-2-1-3-6-12)21-26(23,24)14-8-4-7-13(9-14)18-20-19-11-25-18/h4,7-9,11-12,15-16H,1-3,5-6,10H2,(H,21,22). The summed E-state index contributed by atoms with van der Waals surface area (Å²) in [6, 6.07) is 6.13. The average molecular weight is 375 g/mol. The molecular formula is C18H21N3O4S. The van der Waals surface area contributed by atoms with E-state index in [0.29, 0.717) is 17.4 Å². The third kappa shape index (κ3) is 3.51. The molecule has 26 heavy (non-hydrogen) atoms. The van der Waals surface area contributed by atoms with Crippen LogP contribution in [0.25, 0.3) is 11.5 Å². The Balaban J connectivity index is 1.44. The van der Waals surface area contributed by atoms with Crippen LogP contribution >= 0.6 is 0 Å². The molecule has 0 saturated heterocycles. The minimum Gasteiger partial charge on any atom is -0.423 e. The summed E-state index contributed by atoms with van der Waals surface area (Å²) in [4.78, 5) is 12.4. The number of nitrogens with one attached hydrogen (secondary N) is 1. The maximum atomic E-state index is 12.6. The van der Waals surface area contributed by atoms with Crippen LogP contribution in [-0.2, 0) is 14.8 Å². The lowest BCUT2D eigenvalue weighted by atomic mass is 9.85. The zero-order valence-corrected chi connectivity index (χ0v) is 15.1. The van der Waals surface area contributed by atoms with Gasteiger partial charge >= 0.3 is 0 Å². The highest BCUT2D eigenvalue weighted by Crippen LogP contribution is 2.49. The summed E-state index contributed by atoms with van der Waals surface area (Å²) < 4.78 is 32.5. The molecule has 4 rings (SSSR count). The van der Waals surface area contributed by atoms with Gasteiger partial charge in [-0.15, -0.1) is 10.2 Å². The molecule has 2 aliphatic carbocycles. The monoisotopic (exact) mass is 375 g/mol. The zero-order valence-electron chi connectivity index (χ0n) is 14.3. The van der Waals surface area contributed by atoms with Gasteiger partial charge in [0.25, 0.3) is 10.0 Å². The van der Waals surface area contributed by atoms with Crippen molar-refractivity contribution in [2.75, 3.05) is 0 Å². The van der Waals surface area contributed by atoms with Gasteiger partial charge in [0.05, 0.1) is 4.90 Å². The van der Waals surface area contributed by atoms with Crippen molar-refractivity contribution in [3.63, 3.8) is 0 Å². The molecule has 1 N–H and O–H groups in total. The molecule has 1 amide bonds. The Labute approximate surface area is 152 Å². The van der Waals surface area contributed by atoms with Crippen molar-refractivity contribution in [1.29, 1.82) is 0 Å². The van der Waals surface area contributed by atoms with E-state index in [1.54, 1.807) is 12.1 Å². The molecule has 2 unspecified atom stereocenters. The molecule has 2 aliphatic rings. The number of benzene rings is 1. The number of sulfonamides is 1. The van der Waals surface area contributed by atoms with Crippen LogP contribution in [0.1, 0.15) is 38.5 Å². The van der Waals surface area contributed by atoms with Crippen molar-refractivity contribution < 1.29 is 17.6 Å². The minimum absolute atomic E-state index is 0.0106. The van der Waals surface area contributed by atoms with Gasteiger partial charge in [-0.1, -0.05) is 38.2 Å². The summed E-state index contributed by atoms with van der Waals surface area (Å²) in [5.74, 6) is 0.585. The molecule has 0 spiro atoms. The van der Waals surface area contributed by atoms with Crippen molar-refractivity contribution in [2.45, 2.75) is 43.4 Å². The van der Waals surface area contributed by atoms with E-state index in [1.165, 1.54) is 37.8 Å². The molecule has 8 heteroatoms. The van der Waals surface area contributed by atoms with E-state index >= 15 is 0 Å². The van der Waals surface area contributed by atoms with E-state index in [9.17, 15) is 13.2 Å². The number of carbonyl (C=O) groups excluding carboxylic acids is 1. The molecule has 2 atom stereocenters. The maximum absolute atomic E-state index is 12.6. The molecule has 1 aromatic carbocycles. The van der Waals surface area contributed by atoms with Gasteiger partial charge in [0, 0.05) is 11.5 Å². The van der Waals surface area contributed by atoms with Crippen LogP contribution in [0.4, 0.5) is 0 Å². The van der Waals surface area contributed by atoms with Crippen molar-refractivity contribution in [3.05, 3.63) is 30.7 Å². The number of amides is 1. The molecule has 2 saturated carbocycles. The molecule has 138 valence electrons. The summed E-state index contributed by atoms with van der Waals surface area (Å²) in [6.07, 6.45) is 8.00. The predicted octanol–water partition coefficient (Wildman–Crippen LogP) is 2.76. The topological polar surface area (TPSA) is 102 Å². The van der Waals surface area contributed by atoms with Gasteiger partial charge in [0.15, 0.2) is 0 Å². The highest BCUT2D eigenvalue weighted by Gasteiger charge is 2.48.